The monoisotopic (exact) mass is 302 g/mol. The zero-order valence-electron chi connectivity index (χ0n) is 12.6. The fourth-order valence-corrected chi connectivity index (χ4v) is 1.80. The van der Waals surface area contributed by atoms with Crippen molar-refractivity contribution >= 4 is 5.97 Å². The summed E-state index contributed by atoms with van der Waals surface area (Å²) in [7, 11) is 2.97. The van der Waals surface area contributed by atoms with Crippen molar-refractivity contribution in [3.05, 3.63) is 54.1 Å². The van der Waals surface area contributed by atoms with Crippen molar-refractivity contribution in [3.63, 3.8) is 0 Å². The number of esters is 1. The van der Waals surface area contributed by atoms with Gasteiger partial charge >= 0.3 is 5.97 Å². The molecule has 2 rings (SSSR count). The maximum absolute atomic E-state index is 11.3. The third-order valence-electron chi connectivity index (χ3n) is 2.96. The molecule has 0 heterocycles. The van der Waals surface area contributed by atoms with Crippen LogP contribution in [0.2, 0.25) is 0 Å². The van der Waals surface area contributed by atoms with E-state index in [2.05, 4.69) is 4.74 Å². The molecule has 0 aliphatic rings. The molecule has 0 unspecified atom stereocenters. The van der Waals surface area contributed by atoms with E-state index in [0.717, 1.165) is 11.5 Å². The van der Waals surface area contributed by atoms with Crippen LogP contribution in [0.4, 0.5) is 0 Å². The molecule has 0 spiro atoms. The molecule has 0 bridgehead atoms. The van der Waals surface area contributed by atoms with E-state index in [-0.39, 0.29) is 5.97 Å². The van der Waals surface area contributed by atoms with Crippen LogP contribution in [0.1, 0.15) is 10.4 Å². The Labute approximate surface area is 129 Å². The third-order valence-corrected chi connectivity index (χ3v) is 2.96. The van der Waals surface area contributed by atoms with Gasteiger partial charge in [0.1, 0.15) is 30.5 Å². The summed E-state index contributed by atoms with van der Waals surface area (Å²) in [6.07, 6.45) is 0. The van der Waals surface area contributed by atoms with Gasteiger partial charge in [0, 0.05) is 0 Å². The fourth-order valence-electron chi connectivity index (χ4n) is 1.80. The number of carbonyl (C=O) groups excluding carboxylic acids is 1. The van der Waals surface area contributed by atoms with Crippen LogP contribution < -0.4 is 14.2 Å². The first kappa shape index (κ1) is 15.7. The highest BCUT2D eigenvalue weighted by Crippen LogP contribution is 2.17. The van der Waals surface area contributed by atoms with Gasteiger partial charge in [0.25, 0.3) is 0 Å². The summed E-state index contributed by atoms with van der Waals surface area (Å²) in [6.45, 7) is 0.828. The van der Waals surface area contributed by atoms with E-state index >= 15 is 0 Å². The molecule has 0 atom stereocenters. The molecule has 5 heteroatoms. The predicted molar refractivity (Wildman–Crippen MR) is 81.8 cm³/mol. The van der Waals surface area contributed by atoms with Crippen molar-refractivity contribution in [2.45, 2.75) is 0 Å². The summed E-state index contributed by atoms with van der Waals surface area (Å²) < 4.78 is 20.8. The standard InChI is InChI=1S/C17H18O5/c1-19-14-7-9-16(10-8-14)22-12-11-21-15-5-3-13(4-6-15)17(18)20-2/h3-10H,11-12H2,1-2H3. The Kier molecular flexibility index (Phi) is 5.65. The van der Waals surface area contributed by atoms with Crippen molar-refractivity contribution in [3.8, 4) is 17.2 Å². The van der Waals surface area contributed by atoms with Gasteiger partial charge in [-0.25, -0.2) is 4.79 Å². The van der Waals surface area contributed by atoms with Crippen LogP contribution in [-0.2, 0) is 4.74 Å². The Bertz CT molecular complexity index is 589. The minimum absolute atomic E-state index is 0.366. The van der Waals surface area contributed by atoms with Gasteiger partial charge in [-0.2, -0.15) is 0 Å². The normalized spacial score (nSPS) is 9.91. The molecule has 0 radical (unpaired) electrons. The van der Waals surface area contributed by atoms with Crippen LogP contribution >= 0.6 is 0 Å². The van der Waals surface area contributed by atoms with Crippen molar-refractivity contribution in [2.24, 2.45) is 0 Å². The number of hydrogen-bond donors (Lipinski definition) is 0. The van der Waals surface area contributed by atoms with Crippen molar-refractivity contribution in [1.29, 1.82) is 0 Å². The number of methoxy groups -OCH3 is 2. The van der Waals surface area contributed by atoms with E-state index in [0.29, 0.717) is 24.5 Å². The zero-order valence-corrected chi connectivity index (χ0v) is 12.6. The molecule has 0 aromatic heterocycles. The lowest BCUT2D eigenvalue weighted by atomic mass is 10.2. The molecule has 0 saturated carbocycles. The molecule has 0 saturated heterocycles. The summed E-state index contributed by atoms with van der Waals surface area (Å²) in [4.78, 5) is 11.3. The van der Waals surface area contributed by atoms with Crippen LogP contribution in [0.3, 0.4) is 0 Å². The molecule has 0 fully saturated rings. The van der Waals surface area contributed by atoms with Gasteiger partial charge in [0.2, 0.25) is 0 Å². The first-order valence-electron chi connectivity index (χ1n) is 6.81. The maximum Gasteiger partial charge on any atom is 0.337 e. The minimum atomic E-state index is -0.366. The first-order chi connectivity index (χ1) is 10.7. The van der Waals surface area contributed by atoms with E-state index in [9.17, 15) is 4.79 Å². The zero-order chi connectivity index (χ0) is 15.8. The quantitative estimate of drug-likeness (QED) is 0.581. The number of hydrogen-bond acceptors (Lipinski definition) is 5. The third kappa shape index (κ3) is 4.41. The lowest BCUT2D eigenvalue weighted by Crippen LogP contribution is -2.09. The summed E-state index contributed by atoms with van der Waals surface area (Å²) in [5.41, 5.74) is 0.490. The summed E-state index contributed by atoms with van der Waals surface area (Å²) in [6, 6.07) is 14.1. The Balaban J connectivity index is 1.75. The highest BCUT2D eigenvalue weighted by atomic mass is 16.5. The Morgan fingerprint density at radius 3 is 1.68 bits per heavy atom. The van der Waals surface area contributed by atoms with Crippen molar-refractivity contribution in [1.82, 2.24) is 0 Å². The van der Waals surface area contributed by atoms with Gasteiger partial charge in [0.15, 0.2) is 0 Å². The van der Waals surface area contributed by atoms with Gasteiger partial charge < -0.3 is 18.9 Å². The second-order valence-electron chi connectivity index (χ2n) is 4.39. The summed E-state index contributed by atoms with van der Waals surface area (Å²) in [5, 5.41) is 0. The maximum atomic E-state index is 11.3. The predicted octanol–water partition coefficient (Wildman–Crippen LogP) is 2.94. The lowest BCUT2D eigenvalue weighted by molar-refractivity contribution is 0.0600. The Morgan fingerprint density at radius 2 is 1.23 bits per heavy atom. The number of carbonyl (C=O) groups is 1. The average Bonchev–Trinajstić information content (AvgIpc) is 2.59. The van der Waals surface area contributed by atoms with Gasteiger partial charge in [-0.1, -0.05) is 0 Å². The molecule has 22 heavy (non-hydrogen) atoms. The molecular formula is C17H18O5. The van der Waals surface area contributed by atoms with Crippen molar-refractivity contribution < 1.29 is 23.7 Å². The topological polar surface area (TPSA) is 54.0 Å². The molecule has 0 aliphatic heterocycles. The minimum Gasteiger partial charge on any atom is -0.497 e. The lowest BCUT2D eigenvalue weighted by Gasteiger charge is -2.09. The molecule has 2 aromatic carbocycles. The number of ether oxygens (including phenoxy) is 4. The van der Waals surface area contributed by atoms with Gasteiger partial charge in [-0.3, -0.25) is 0 Å². The van der Waals surface area contributed by atoms with E-state index in [1.54, 1.807) is 31.4 Å². The second kappa shape index (κ2) is 7.93. The van der Waals surface area contributed by atoms with Gasteiger partial charge in [-0.15, -0.1) is 0 Å². The van der Waals surface area contributed by atoms with Crippen LogP contribution in [-0.4, -0.2) is 33.4 Å². The summed E-state index contributed by atoms with van der Waals surface area (Å²) >= 11 is 0. The summed E-state index contributed by atoms with van der Waals surface area (Å²) in [5.74, 6) is 1.85. The highest BCUT2D eigenvalue weighted by molar-refractivity contribution is 5.89. The number of benzene rings is 2. The van der Waals surface area contributed by atoms with Gasteiger partial charge in [-0.05, 0) is 48.5 Å². The van der Waals surface area contributed by atoms with Crippen LogP contribution in [0.25, 0.3) is 0 Å². The van der Waals surface area contributed by atoms with Gasteiger partial charge in [0.05, 0.1) is 19.8 Å². The smallest absolute Gasteiger partial charge is 0.337 e. The van der Waals surface area contributed by atoms with Crippen LogP contribution in [0.5, 0.6) is 17.2 Å². The molecule has 0 amide bonds. The van der Waals surface area contributed by atoms with E-state index in [1.165, 1.54) is 7.11 Å². The first-order valence-corrected chi connectivity index (χ1v) is 6.81. The van der Waals surface area contributed by atoms with E-state index in [4.69, 9.17) is 14.2 Å². The molecule has 0 N–H and O–H groups in total. The largest absolute Gasteiger partial charge is 0.497 e. The fraction of sp³-hybridized carbons (Fsp3) is 0.235. The molecule has 116 valence electrons. The molecule has 0 aliphatic carbocycles. The SMILES string of the molecule is COC(=O)c1ccc(OCCOc2ccc(OC)cc2)cc1. The molecule has 5 nitrogen and oxygen atoms in total. The van der Waals surface area contributed by atoms with E-state index in [1.807, 2.05) is 24.3 Å². The second-order valence-corrected chi connectivity index (χ2v) is 4.39. The Hall–Kier alpha value is -2.69. The highest BCUT2D eigenvalue weighted by Gasteiger charge is 2.04. The van der Waals surface area contributed by atoms with Crippen molar-refractivity contribution in [2.75, 3.05) is 27.4 Å². The Morgan fingerprint density at radius 1 is 0.773 bits per heavy atom. The van der Waals surface area contributed by atoms with E-state index < -0.39 is 0 Å². The van der Waals surface area contributed by atoms with Crippen LogP contribution in [0.15, 0.2) is 48.5 Å². The van der Waals surface area contributed by atoms with Crippen LogP contribution in [0, 0.1) is 0 Å². The molecule has 2 aromatic rings. The molecular weight excluding hydrogens is 284 g/mol. The number of rotatable bonds is 7. The average molecular weight is 302 g/mol.